The van der Waals surface area contributed by atoms with Crippen molar-refractivity contribution in [2.24, 2.45) is 10.9 Å². The molecule has 3 N–H and O–H groups in total. The van der Waals surface area contributed by atoms with Crippen LogP contribution in [-0.4, -0.2) is 68.7 Å². The first-order chi connectivity index (χ1) is 14.6. The summed E-state index contributed by atoms with van der Waals surface area (Å²) in [4.78, 5) is 19.5. The van der Waals surface area contributed by atoms with Crippen LogP contribution in [-0.2, 0) is 9.53 Å². The zero-order chi connectivity index (χ0) is 21.3. The van der Waals surface area contributed by atoms with Gasteiger partial charge in [-0.3, -0.25) is 14.7 Å². The molecule has 1 aromatic rings. The van der Waals surface area contributed by atoms with Gasteiger partial charge in [0.05, 0.1) is 19.8 Å². The predicted molar refractivity (Wildman–Crippen MR) is 122 cm³/mol. The van der Waals surface area contributed by atoms with Crippen LogP contribution in [0.15, 0.2) is 29.3 Å². The molecule has 2 unspecified atom stereocenters. The van der Waals surface area contributed by atoms with E-state index in [0.29, 0.717) is 24.9 Å². The van der Waals surface area contributed by atoms with Crippen molar-refractivity contribution in [3.05, 3.63) is 29.8 Å². The van der Waals surface area contributed by atoms with Crippen LogP contribution in [0.5, 0.6) is 0 Å². The van der Waals surface area contributed by atoms with E-state index < -0.39 is 0 Å². The Morgan fingerprint density at radius 2 is 2.03 bits per heavy atom. The lowest BCUT2D eigenvalue weighted by Crippen LogP contribution is -2.46. The van der Waals surface area contributed by atoms with Crippen LogP contribution in [0.4, 0.5) is 5.69 Å². The molecule has 166 valence electrons. The van der Waals surface area contributed by atoms with Crippen molar-refractivity contribution in [2.45, 2.75) is 45.6 Å². The molecule has 2 aliphatic heterocycles. The highest BCUT2D eigenvalue weighted by Crippen LogP contribution is 2.31. The standard InChI is InChI=1S/C23H37N5O2/c1-4-24-23(26-16-19(13-17(2)3)28-9-11-30-12-10-28)25-15-18-14-22(29)27-21-8-6-5-7-20(18)21/h5-8,17-19H,4,9-16H2,1-3H3,(H,27,29)(H2,24,25,26). The highest BCUT2D eigenvalue weighted by molar-refractivity contribution is 5.94. The predicted octanol–water partition coefficient (Wildman–Crippen LogP) is 2.41. The van der Waals surface area contributed by atoms with Crippen LogP contribution >= 0.6 is 0 Å². The van der Waals surface area contributed by atoms with E-state index in [4.69, 9.17) is 9.73 Å². The highest BCUT2D eigenvalue weighted by Gasteiger charge is 2.25. The van der Waals surface area contributed by atoms with E-state index in [1.807, 2.05) is 18.2 Å². The Hall–Kier alpha value is -2.12. The smallest absolute Gasteiger partial charge is 0.225 e. The second-order valence-corrected chi connectivity index (χ2v) is 8.57. The first-order valence-corrected chi connectivity index (χ1v) is 11.3. The van der Waals surface area contributed by atoms with Gasteiger partial charge in [0.15, 0.2) is 5.96 Å². The Morgan fingerprint density at radius 3 is 2.77 bits per heavy atom. The van der Waals surface area contributed by atoms with Crippen molar-refractivity contribution >= 4 is 17.6 Å². The molecular weight excluding hydrogens is 378 g/mol. The van der Waals surface area contributed by atoms with Crippen molar-refractivity contribution in [2.75, 3.05) is 51.3 Å². The normalized spacial score (nSPS) is 21.1. The number of hydrogen-bond donors (Lipinski definition) is 3. The third-order valence-corrected chi connectivity index (χ3v) is 5.73. The molecular formula is C23H37N5O2. The number of carbonyl (C=O) groups is 1. The van der Waals surface area contributed by atoms with Gasteiger partial charge in [-0.25, -0.2) is 0 Å². The second-order valence-electron chi connectivity index (χ2n) is 8.57. The fraction of sp³-hybridized carbons (Fsp3) is 0.652. The number of rotatable bonds is 8. The van der Waals surface area contributed by atoms with Crippen LogP contribution in [0, 0.1) is 5.92 Å². The Labute approximate surface area is 180 Å². The van der Waals surface area contributed by atoms with Gasteiger partial charge < -0.3 is 20.7 Å². The number of morpholine rings is 1. The van der Waals surface area contributed by atoms with E-state index in [-0.39, 0.29) is 11.8 Å². The number of fused-ring (bicyclic) bond motifs is 1. The van der Waals surface area contributed by atoms with Gasteiger partial charge in [-0.15, -0.1) is 0 Å². The summed E-state index contributed by atoms with van der Waals surface area (Å²) in [5.41, 5.74) is 2.11. The Morgan fingerprint density at radius 1 is 1.27 bits per heavy atom. The summed E-state index contributed by atoms with van der Waals surface area (Å²) in [5.74, 6) is 1.67. The van der Waals surface area contributed by atoms with Gasteiger partial charge in [0.2, 0.25) is 5.91 Å². The molecule has 2 heterocycles. The Bertz CT molecular complexity index is 715. The van der Waals surface area contributed by atoms with Crippen molar-refractivity contribution in [1.29, 1.82) is 0 Å². The lowest BCUT2D eigenvalue weighted by atomic mass is 9.90. The van der Waals surface area contributed by atoms with E-state index in [0.717, 1.165) is 57.5 Å². The summed E-state index contributed by atoms with van der Waals surface area (Å²) in [6.45, 7) is 12.4. The molecule has 30 heavy (non-hydrogen) atoms. The van der Waals surface area contributed by atoms with Gasteiger partial charge in [-0.05, 0) is 30.9 Å². The molecule has 1 amide bonds. The van der Waals surface area contributed by atoms with Crippen molar-refractivity contribution < 1.29 is 9.53 Å². The quantitative estimate of drug-likeness (QED) is 0.449. The van der Waals surface area contributed by atoms with Crippen molar-refractivity contribution in [3.63, 3.8) is 0 Å². The number of anilines is 1. The minimum absolute atomic E-state index is 0.0757. The number of carbonyl (C=O) groups excluding carboxylic acids is 1. The van der Waals surface area contributed by atoms with E-state index in [2.05, 4.69) is 47.7 Å². The van der Waals surface area contributed by atoms with E-state index in [1.165, 1.54) is 5.56 Å². The summed E-state index contributed by atoms with van der Waals surface area (Å²) in [5, 5.41) is 9.81. The van der Waals surface area contributed by atoms with Gasteiger partial charge in [0, 0.05) is 50.2 Å². The number of aliphatic imine (C=N–C) groups is 1. The lowest BCUT2D eigenvalue weighted by Gasteiger charge is -2.34. The van der Waals surface area contributed by atoms with E-state index in [1.54, 1.807) is 0 Å². The molecule has 1 fully saturated rings. The van der Waals surface area contributed by atoms with Crippen LogP contribution in [0.1, 0.15) is 45.1 Å². The molecule has 0 bridgehead atoms. The Balaban J connectivity index is 1.64. The van der Waals surface area contributed by atoms with Crippen LogP contribution in [0.25, 0.3) is 0 Å². The summed E-state index contributed by atoms with van der Waals surface area (Å²) in [6, 6.07) is 8.48. The summed E-state index contributed by atoms with van der Waals surface area (Å²) in [7, 11) is 0. The molecule has 7 nitrogen and oxygen atoms in total. The average molecular weight is 416 g/mol. The maximum atomic E-state index is 12.1. The molecule has 2 atom stereocenters. The molecule has 7 heteroatoms. The lowest BCUT2D eigenvalue weighted by molar-refractivity contribution is -0.116. The number of guanidine groups is 1. The maximum absolute atomic E-state index is 12.1. The summed E-state index contributed by atoms with van der Waals surface area (Å²) in [6.07, 6.45) is 1.62. The van der Waals surface area contributed by atoms with Gasteiger partial charge >= 0.3 is 0 Å². The van der Waals surface area contributed by atoms with Crippen LogP contribution in [0.2, 0.25) is 0 Å². The molecule has 3 rings (SSSR count). The zero-order valence-corrected chi connectivity index (χ0v) is 18.6. The monoisotopic (exact) mass is 415 g/mol. The summed E-state index contributed by atoms with van der Waals surface area (Å²) >= 11 is 0. The van der Waals surface area contributed by atoms with Crippen LogP contribution in [0.3, 0.4) is 0 Å². The number of benzene rings is 1. The first-order valence-electron chi connectivity index (χ1n) is 11.3. The number of hydrogen-bond acceptors (Lipinski definition) is 4. The zero-order valence-electron chi connectivity index (χ0n) is 18.6. The Kier molecular flexibility index (Phi) is 8.51. The maximum Gasteiger partial charge on any atom is 0.225 e. The fourth-order valence-corrected chi connectivity index (χ4v) is 4.27. The first kappa shape index (κ1) is 22.6. The van der Waals surface area contributed by atoms with Gasteiger partial charge in [0.25, 0.3) is 0 Å². The van der Waals surface area contributed by atoms with Crippen molar-refractivity contribution in [1.82, 2.24) is 15.5 Å². The number of amides is 1. The van der Waals surface area contributed by atoms with Gasteiger partial charge in [-0.1, -0.05) is 32.0 Å². The van der Waals surface area contributed by atoms with Crippen LogP contribution < -0.4 is 16.0 Å². The minimum Gasteiger partial charge on any atom is -0.379 e. The van der Waals surface area contributed by atoms with Gasteiger partial charge in [0.1, 0.15) is 0 Å². The molecule has 2 aliphatic rings. The topological polar surface area (TPSA) is 78.0 Å². The van der Waals surface area contributed by atoms with E-state index in [9.17, 15) is 4.79 Å². The molecule has 1 aromatic carbocycles. The summed E-state index contributed by atoms with van der Waals surface area (Å²) < 4.78 is 5.53. The molecule has 0 aromatic heterocycles. The molecule has 0 aliphatic carbocycles. The minimum atomic E-state index is 0.0757. The van der Waals surface area contributed by atoms with E-state index >= 15 is 0 Å². The molecule has 0 radical (unpaired) electrons. The number of para-hydroxylation sites is 1. The average Bonchev–Trinajstić information content (AvgIpc) is 2.74. The SMILES string of the molecule is CCNC(=NCC(CC(C)C)N1CCOCC1)NCC1CC(=O)Nc2ccccc21. The number of ether oxygens (including phenoxy) is 1. The number of nitrogens with one attached hydrogen (secondary N) is 3. The number of nitrogens with zero attached hydrogens (tertiary/aromatic N) is 2. The molecule has 0 saturated carbocycles. The third kappa shape index (κ3) is 6.44. The largest absolute Gasteiger partial charge is 0.379 e. The fourth-order valence-electron chi connectivity index (χ4n) is 4.27. The molecule has 1 saturated heterocycles. The second kappa shape index (κ2) is 11.3. The van der Waals surface area contributed by atoms with Gasteiger partial charge in [-0.2, -0.15) is 0 Å². The van der Waals surface area contributed by atoms with Crippen molar-refractivity contribution in [3.8, 4) is 0 Å². The molecule has 0 spiro atoms. The third-order valence-electron chi connectivity index (χ3n) is 5.73. The highest BCUT2D eigenvalue weighted by atomic mass is 16.5.